The third-order valence-electron chi connectivity index (χ3n) is 5.98. The number of likely N-dealkylation sites (tertiary alicyclic amines) is 1. The number of nitrogens with zero attached hydrogens (tertiary/aromatic N) is 2. The highest BCUT2D eigenvalue weighted by Crippen LogP contribution is 2.50. The second-order valence-electron chi connectivity index (χ2n) is 7.31. The van der Waals surface area contributed by atoms with Gasteiger partial charge >= 0.3 is 0 Å². The van der Waals surface area contributed by atoms with Crippen LogP contribution in [-0.4, -0.2) is 23.9 Å². The summed E-state index contributed by atoms with van der Waals surface area (Å²) in [6, 6.07) is 13.7. The summed E-state index contributed by atoms with van der Waals surface area (Å²) in [7, 11) is 0. The highest BCUT2D eigenvalue weighted by molar-refractivity contribution is 5.79. The minimum atomic E-state index is -0.201. The van der Waals surface area contributed by atoms with Crippen molar-refractivity contribution in [1.29, 1.82) is 0 Å². The molecule has 3 aliphatic heterocycles. The molecule has 0 spiro atoms. The maximum atomic E-state index is 13.4. The van der Waals surface area contributed by atoms with E-state index in [-0.39, 0.29) is 23.8 Å². The highest BCUT2D eigenvalue weighted by Gasteiger charge is 2.41. The van der Waals surface area contributed by atoms with E-state index in [4.69, 9.17) is 0 Å². The molecule has 1 saturated heterocycles. The molecule has 1 fully saturated rings. The van der Waals surface area contributed by atoms with Crippen molar-refractivity contribution in [3.63, 3.8) is 0 Å². The number of carbonyl (C=O) groups is 1. The molecule has 2 unspecified atom stereocenters. The van der Waals surface area contributed by atoms with E-state index in [2.05, 4.69) is 28.0 Å². The number of rotatable bonds is 2. The van der Waals surface area contributed by atoms with Crippen LogP contribution in [0, 0.1) is 5.82 Å². The van der Waals surface area contributed by atoms with Gasteiger partial charge < -0.3 is 9.80 Å². The molecule has 128 valence electrons. The zero-order chi connectivity index (χ0) is 17.0. The predicted octanol–water partition coefficient (Wildman–Crippen LogP) is 4.00. The van der Waals surface area contributed by atoms with E-state index >= 15 is 0 Å². The summed E-state index contributed by atoms with van der Waals surface area (Å²) in [6.07, 6.45) is 3.54. The van der Waals surface area contributed by atoms with E-state index in [9.17, 15) is 9.18 Å². The predicted molar refractivity (Wildman–Crippen MR) is 94.9 cm³/mol. The number of carbonyl (C=O) groups excluding carboxylic acids is 1. The minimum absolute atomic E-state index is 0.134. The van der Waals surface area contributed by atoms with Crippen molar-refractivity contribution in [2.24, 2.45) is 0 Å². The van der Waals surface area contributed by atoms with Crippen LogP contribution in [0.3, 0.4) is 0 Å². The van der Waals surface area contributed by atoms with Gasteiger partial charge in [-0.05, 0) is 48.1 Å². The first-order valence-electron chi connectivity index (χ1n) is 9.16. The minimum Gasteiger partial charge on any atom is -0.364 e. The fourth-order valence-corrected chi connectivity index (χ4v) is 4.86. The summed E-state index contributed by atoms with van der Waals surface area (Å²) in [5, 5.41) is 0. The standard InChI is InChI=1S/C21H21FN2O/c22-16-8-6-14(7-9-16)18-13-19(23-11-2-5-20(23)25)17-4-1-3-15-10-12-24(18)21(15)17/h1,3-4,6-9,18-19H,2,5,10-13H2. The van der Waals surface area contributed by atoms with Gasteiger partial charge in [0.2, 0.25) is 5.91 Å². The lowest BCUT2D eigenvalue weighted by Crippen LogP contribution is -2.39. The SMILES string of the molecule is O=C1CCCN1C1CC(c2ccc(F)cc2)N2CCc3cccc1c32. The van der Waals surface area contributed by atoms with Crippen LogP contribution in [0.15, 0.2) is 42.5 Å². The van der Waals surface area contributed by atoms with Crippen LogP contribution < -0.4 is 4.90 Å². The summed E-state index contributed by atoms with van der Waals surface area (Å²) in [6.45, 7) is 1.85. The summed E-state index contributed by atoms with van der Waals surface area (Å²) >= 11 is 0. The largest absolute Gasteiger partial charge is 0.364 e. The lowest BCUT2D eigenvalue weighted by atomic mass is 9.86. The van der Waals surface area contributed by atoms with Gasteiger partial charge in [-0.1, -0.05) is 30.3 Å². The number of hydrogen-bond donors (Lipinski definition) is 0. The normalized spacial score (nSPS) is 24.8. The molecular weight excluding hydrogens is 315 g/mol. The number of benzene rings is 2. The molecule has 0 saturated carbocycles. The number of amides is 1. The molecule has 5 rings (SSSR count). The second kappa shape index (κ2) is 5.58. The zero-order valence-corrected chi connectivity index (χ0v) is 14.1. The molecule has 0 N–H and O–H groups in total. The van der Waals surface area contributed by atoms with Crippen molar-refractivity contribution in [3.8, 4) is 0 Å². The third-order valence-corrected chi connectivity index (χ3v) is 5.98. The summed E-state index contributed by atoms with van der Waals surface area (Å²) in [4.78, 5) is 17.0. The molecule has 2 aromatic carbocycles. The lowest BCUT2D eigenvalue weighted by Gasteiger charge is -2.43. The van der Waals surface area contributed by atoms with Crippen LogP contribution >= 0.6 is 0 Å². The molecular formula is C21H21FN2O. The van der Waals surface area contributed by atoms with Crippen molar-refractivity contribution in [3.05, 3.63) is 65.0 Å². The Morgan fingerprint density at radius 2 is 1.76 bits per heavy atom. The first-order valence-corrected chi connectivity index (χ1v) is 9.16. The molecule has 0 bridgehead atoms. The summed E-state index contributed by atoms with van der Waals surface area (Å²) in [5.74, 6) is 0.0697. The first kappa shape index (κ1) is 14.9. The first-order chi connectivity index (χ1) is 12.2. The van der Waals surface area contributed by atoms with Crippen LogP contribution in [0.2, 0.25) is 0 Å². The van der Waals surface area contributed by atoms with Gasteiger partial charge in [-0.2, -0.15) is 0 Å². The number of para-hydroxylation sites is 1. The second-order valence-corrected chi connectivity index (χ2v) is 7.31. The van der Waals surface area contributed by atoms with Crippen LogP contribution in [0.25, 0.3) is 0 Å². The molecule has 2 atom stereocenters. The monoisotopic (exact) mass is 336 g/mol. The molecule has 3 nitrogen and oxygen atoms in total. The maximum Gasteiger partial charge on any atom is 0.223 e. The van der Waals surface area contributed by atoms with Crippen LogP contribution in [0.1, 0.15) is 48.0 Å². The van der Waals surface area contributed by atoms with Gasteiger partial charge in [0.05, 0.1) is 12.1 Å². The zero-order valence-electron chi connectivity index (χ0n) is 14.1. The van der Waals surface area contributed by atoms with E-state index in [1.807, 2.05) is 12.1 Å². The van der Waals surface area contributed by atoms with E-state index in [0.717, 1.165) is 37.9 Å². The van der Waals surface area contributed by atoms with Gasteiger partial charge in [0.1, 0.15) is 5.82 Å². The van der Waals surface area contributed by atoms with Crippen molar-refractivity contribution in [1.82, 2.24) is 4.90 Å². The molecule has 3 heterocycles. The molecule has 25 heavy (non-hydrogen) atoms. The molecule has 2 aromatic rings. The Kier molecular flexibility index (Phi) is 3.34. The topological polar surface area (TPSA) is 23.6 Å². The molecule has 0 aliphatic carbocycles. The van der Waals surface area contributed by atoms with Crippen LogP contribution in [0.4, 0.5) is 10.1 Å². The van der Waals surface area contributed by atoms with Crippen molar-refractivity contribution in [2.75, 3.05) is 18.0 Å². The fourth-order valence-electron chi connectivity index (χ4n) is 4.86. The number of anilines is 1. The van der Waals surface area contributed by atoms with Gasteiger partial charge in [-0.15, -0.1) is 0 Å². The quantitative estimate of drug-likeness (QED) is 0.828. The molecule has 3 aliphatic rings. The smallest absolute Gasteiger partial charge is 0.223 e. The van der Waals surface area contributed by atoms with Crippen molar-refractivity contribution < 1.29 is 9.18 Å². The Morgan fingerprint density at radius 1 is 0.920 bits per heavy atom. The molecule has 0 radical (unpaired) electrons. The highest BCUT2D eigenvalue weighted by atomic mass is 19.1. The summed E-state index contributed by atoms with van der Waals surface area (Å²) < 4.78 is 13.4. The van der Waals surface area contributed by atoms with Gasteiger partial charge in [0.15, 0.2) is 0 Å². The van der Waals surface area contributed by atoms with Gasteiger partial charge in [-0.3, -0.25) is 4.79 Å². The molecule has 0 aromatic heterocycles. The molecule has 1 amide bonds. The third kappa shape index (κ3) is 2.27. The Balaban J connectivity index is 1.62. The van der Waals surface area contributed by atoms with E-state index in [0.29, 0.717) is 6.42 Å². The van der Waals surface area contributed by atoms with Gasteiger partial charge in [0.25, 0.3) is 0 Å². The average Bonchev–Trinajstić information content (AvgIpc) is 3.24. The maximum absolute atomic E-state index is 13.4. The van der Waals surface area contributed by atoms with Gasteiger partial charge in [-0.25, -0.2) is 4.39 Å². The van der Waals surface area contributed by atoms with E-state index in [1.165, 1.54) is 16.8 Å². The van der Waals surface area contributed by atoms with E-state index in [1.54, 1.807) is 12.1 Å². The van der Waals surface area contributed by atoms with E-state index < -0.39 is 0 Å². The Morgan fingerprint density at radius 3 is 2.52 bits per heavy atom. The fraction of sp³-hybridized carbons (Fsp3) is 0.381. The Labute approximate surface area is 147 Å². The van der Waals surface area contributed by atoms with Crippen LogP contribution in [-0.2, 0) is 11.2 Å². The lowest BCUT2D eigenvalue weighted by molar-refractivity contribution is -0.130. The summed E-state index contributed by atoms with van der Waals surface area (Å²) in [5.41, 5.74) is 5.12. The van der Waals surface area contributed by atoms with Gasteiger partial charge in [0, 0.05) is 25.2 Å². The number of hydrogen-bond acceptors (Lipinski definition) is 2. The van der Waals surface area contributed by atoms with Crippen molar-refractivity contribution >= 4 is 11.6 Å². The van der Waals surface area contributed by atoms with Crippen LogP contribution in [0.5, 0.6) is 0 Å². The van der Waals surface area contributed by atoms with Crippen molar-refractivity contribution in [2.45, 2.75) is 37.8 Å². The Hall–Kier alpha value is -2.36. The molecule has 4 heteroatoms. The number of halogens is 1. The Bertz CT molecular complexity index is 832. The average molecular weight is 336 g/mol.